The zero-order valence-electron chi connectivity index (χ0n) is 14.4. The number of primary amides is 1. The molecule has 0 aliphatic carbocycles. The molecule has 2 amide bonds. The number of carbonyl (C=O) groups is 3. The van der Waals surface area contributed by atoms with Crippen LogP contribution in [0.1, 0.15) is 31.3 Å². The maximum atomic E-state index is 12.3. The molecule has 0 saturated heterocycles. The molecule has 0 spiro atoms. The lowest BCUT2D eigenvalue weighted by atomic mass is 10.1. The molecule has 0 unspecified atom stereocenters. The average Bonchev–Trinajstić information content (AvgIpc) is 3.05. The van der Waals surface area contributed by atoms with Gasteiger partial charge in [0.1, 0.15) is 11.5 Å². The van der Waals surface area contributed by atoms with E-state index in [9.17, 15) is 24.5 Å². The number of rotatable bonds is 6. The van der Waals surface area contributed by atoms with Gasteiger partial charge in [-0.2, -0.15) is 4.68 Å². The number of ether oxygens (including phenoxy) is 1. The van der Waals surface area contributed by atoms with E-state index in [0.29, 0.717) is 0 Å². The fraction of sp³-hybridized carbons (Fsp3) is 0.286. The second kappa shape index (κ2) is 7.72. The van der Waals surface area contributed by atoms with Gasteiger partial charge in [0.15, 0.2) is 5.02 Å². The lowest BCUT2D eigenvalue weighted by Crippen LogP contribution is -2.21. The topological polar surface area (TPSA) is 159 Å². The number of nitrogens with zero attached hydrogens (tertiary/aromatic N) is 3. The van der Waals surface area contributed by atoms with E-state index >= 15 is 0 Å². The number of hydrogen-bond donors (Lipinski definition) is 2. The van der Waals surface area contributed by atoms with E-state index in [0.717, 1.165) is 23.1 Å². The fourth-order valence-corrected chi connectivity index (χ4v) is 3.53. The number of aromatic nitrogens is 2. The van der Waals surface area contributed by atoms with Gasteiger partial charge in [-0.15, -0.1) is 11.3 Å². The smallest absolute Gasteiger partial charge is 0.408 e. The van der Waals surface area contributed by atoms with E-state index in [-0.39, 0.29) is 31.7 Å². The molecule has 0 atom stereocenters. The quantitative estimate of drug-likeness (QED) is 0.412. The molecule has 0 aliphatic rings. The molecule has 13 heteroatoms. The zero-order valence-corrected chi connectivity index (χ0v) is 15.9. The molecule has 0 fully saturated rings. The first kappa shape index (κ1) is 20.3. The van der Waals surface area contributed by atoms with E-state index < -0.39 is 35.1 Å². The van der Waals surface area contributed by atoms with Crippen molar-refractivity contribution in [3.8, 4) is 0 Å². The van der Waals surface area contributed by atoms with Crippen molar-refractivity contribution in [2.24, 2.45) is 5.73 Å². The number of methoxy groups -OCH3 is 1. The molecule has 0 saturated carbocycles. The van der Waals surface area contributed by atoms with Crippen molar-refractivity contribution in [3.05, 3.63) is 36.8 Å². The predicted octanol–water partition coefficient (Wildman–Crippen LogP) is 1.65. The van der Waals surface area contributed by atoms with Crippen LogP contribution >= 0.6 is 22.9 Å². The summed E-state index contributed by atoms with van der Waals surface area (Å²) in [5, 5.41) is 16.9. The third-order valence-electron chi connectivity index (χ3n) is 3.60. The number of nitrogens with two attached hydrogens (primary N) is 1. The van der Waals surface area contributed by atoms with Gasteiger partial charge < -0.3 is 25.9 Å². The van der Waals surface area contributed by atoms with Crippen LogP contribution in [0.3, 0.4) is 0 Å². The number of anilines is 1. The highest BCUT2D eigenvalue weighted by molar-refractivity contribution is 7.18. The fourth-order valence-electron chi connectivity index (χ4n) is 2.27. The Hall–Kier alpha value is -2.99. The molecule has 2 rings (SSSR count). The van der Waals surface area contributed by atoms with Gasteiger partial charge in [0.05, 0.1) is 28.3 Å². The predicted molar refractivity (Wildman–Crippen MR) is 96.2 cm³/mol. The maximum Gasteiger partial charge on any atom is 0.408 e. The molecule has 3 N–H and O–H groups in total. The molecule has 0 aromatic carbocycles. The molecule has 27 heavy (non-hydrogen) atoms. The van der Waals surface area contributed by atoms with E-state index in [1.165, 1.54) is 13.8 Å². The van der Waals surface area contributed by atoms with Crippen molar-refractivity contribution in [2.45, 2.75) is 20.4 Å². The summed E-state index contributed by atoms with van der Waals surface area (Å²) in [4.78, 5) is 46.0. The van der Waals surface area contributed by atoms with Gasteiger partial charge in [-0.25, -0.2) is 4.79 Å². The lowest BCUT2D eigenvalue weighted by molar-refractivity contribution is -0.389. The summed E-state index contributed by atoms with van der Waals surface area (Å²) in [6.07, 6.45) is 0. The highest BCUT2D eigenvalue weighted by Crippen LogP contribution is 2.33. The number of nitrogens with one attached hydrogen (secondary N) is 1. The summed E-state index contributed by atoms with van der Waals surface area (Å²) in [5.74, 6) is -2.72. The van der Waals surface area contributed by atoms with E-state index in [2.05, 4.69) is 15.2 Å². The molecule has 2 aromatic heterocycles. The molecule has 0 aliphatic heterocycles. The second-order valence-corrected chi connectivity index (χ2v) is 6.70. The first-order chi connectivity index (χ1) is 12.6. The van der Waals surface area contributed by atoms with E-state index in [4.69, 9.17) is 17.3 Å². The minimum Gasteiger partial charge on any atom is -0.465 e. The average molecular weight is 416 g/mol. The van der Waals surface area contributed by atoms with Gasteiger partial charge in [-0.1, -0.05) is 11.6 Å². The van der Waals surface area contributed by atoms with Gasteiger partial charge in [0.25, 0.3) is 5.91 Å². The zero-order chi connectivity index (χ0) is 20.5. The van der Waals surface area contributed by atoms with Crippen LogP contribution in [0.25, 0.3) is 0 Å². The summed E-state index contributed by atoms with van der Waals surface area (Å²) < 4.78 is 5.73. The summed E-state index contributed by atoms with van der Waals surface area (Å²) in [7, 11) is 1.16. The summed E-state index contributed by atoms with van der Waals surface area (Å²) in [5.41, 5.74) is 5.79. The molecule has 2 aromatic rings. The van der Waals surface area contributed by atoms with Crippen LogP contribution in [-0.4, -0.2) is 39.6 Å². The summed E-state index contributed by atoms with van der Waals surface area (Å²) in [6, 6.07) is 0. The highest BCUT2D eigenvalue weighted by atomic mass is 35.5. The van der Waals surface area contributed by atoms with Gasteiger partial charge in [-0.05, 0) is 24.3 Å². The third-order valence-corrected chi connectivity index (χ3v) is 5.26. The van der Waals surface area contributed by atoms with Crippen LogP contribution in [0.4, 0.5) is 10.8 Å². The minimum atomic E-state index is -0.763. The third kappa shape index (κ3) is 3.90. The number of nitro groups is 1. The Labute approximate surface area is 161 Å². The van der Waals surface area contributed by atoms with Gasteiger partial charge in [0.2, 0.25) is 5.91 Å². The van der Waals surface area contributed by atoms with Gasteiger partial charge in [0, 0.05) is 0 Å². The van der Waals surface area contributed by atoms with Crippen LogP contribution in [0.5, 0.6) is 0 Å². The maximum absolute atomic E-state index is 12.3. The Morgan fingerprint density at radius 1 is 1.41 bits per heavy atom. The number of halogens is 1. The minimum absolute atomic E-state index is 0.00542. The normalized spacial score (nSPS) is 10.5. The monoisotopic (exact) mass is 415 g/mol. The van der Waals surface area contributed by atoms with Crippen molar-refractivity contribution >= 4 is 51.5 Å². The molecule has 144 valence electrons. The van der Waals surface area contributed by atoms with E-state index in [1.807, 2.05) is 0 Å². The first-order valence-electron chi connectivity index (χ1n) is 7.27. The van der Waals surface area contributed by atoms with Crippen LogP contribution in [0.2, 0.25) is 5.02 Å². The van der Waals surface area contributed by atoms with Gasteiger partial charge in [-0.3, -0.25) is 9.59 Å². The number of hydrogen-bond acceptors (Lipinski definition) is 8. The van der Waals surface area contributed by atoms with Crippen LogP contribution in [0.15, 0.2) is 0 Å². The Morgan fingerprint density at radius 2 is 2.04 bits per heavy atom. The van der Waals surface area contributed by atoms with Crippen LogP contribution in [-0.2, 0) is 16.1 Å². The number of carbonyl (C=O) groups excluding carboxylic acids is 3. The van der Waals surface area contributed by atoms with Gasteiger partial charge >= 0.3 is 11.8 Å². The molecule has 0 radical (unpaired) electrons. The van der Waals surface area contributed by atoms with Crippen LogP contribution in [0, 0.1) is 24.0 Å². The highest BCUT2D eigenvalue weighted by Gasteiger charge is 2.28. The van der Waals surface area contributed by atoms with Crippen molar-refractivity contribution in [3.63, 3.8) is 0 Å². The lowest BCUT2D eigenvalue weighted by Gasteiger charge is -2.05. The summed E-state index contributed by atoms with van der Waals surface area (Å²) >= 11 is 6.65. The second-order valence-electron chi connectivity index (χ2n) is 5.30. The number of esters is 1. The first-order valence-corrected chi connectivity index (χ1v) is 8.46. The largest absolute Gasteiger partial charge is 0.465 e. The van der Waals surface area contributed by atoms with Crippen molar-refractivity contribution in [2.75, 3.05) is 12.4 Å². The summed E-state index contributed by atoms with van der Waals surface area (Å²) in [6.45, 7) is 2.57. The van der Waals surface area contributed by atoms with Crippen molar-refractivity contribution in [1.29, 1.82) is 0 Å². The standard InChI is InChI=1S/C14H14ClN5O6S/c1-5-8(14(23)26-3)13(27-10(5)11(16)22)17-7(21)4-19-6(2)9(15)12(18-19)20(24)25/h4H2,1-3H3,(H2,16,22)(H,17,21). The Kier molecular flexibility index (Phi) is 5.81. The van der Waals surface area contributed by atoms with E-state index in [1.54, 1.807) is 0 Å². The SMILES string of the molecule is COC(=O)c1c(NC(=O)Cn2nc([N+](=O)[O-])c(Cl)c2C)sc(C(N)=O)c1C. The van der Waals surface area contributed by atoms with Crippen molar-refractivity contribution in [1.82, 2.24) is 9.78 Å². The number of thiophene rings is 1. The molecular weight excluding hydrogens is 402 g/mol. The van der Waals surface area contributed by atoms with Crippen molar-refractivity contribution < 1.29 is 24.0 Å². The number of amides is 2. The molecular formula is C14H14ClN5O6S. The van der Waals surface area contributed by atoms with Crippen LogP contribution < -0.4 is 11.1 Å². The Bertz CT molecular complexity index is 966. The molecule has 2 heterocycles. The Morgan fingerprint density at radius 3 is 2.52 bits per heavy atom. The molecule has 0 bridgehead atoms. The Balaban J connectivity index is 2.32. The molecule has 11 nitrogen and oxygen atoms in total.